The molecule has 6 rings (SSSR count). The zero-order chi connectivity index (χ0) is 73.3. The lowest BCUT2D eigenvalue weighted by Crippen LogP contribution is -2.36. The van der Waals surface area contributed by atoms with E-state index >= 15 is 0 Å². The van der Waals surface area contributed by atoms with Gasteiger partial charge in [-0.2, -0.15) is 59.1 Å². The monoisotopic (exact) mass is 1490 g/mol. The number of halogens is 8. The number of amides is 4. The summed E-state index contributed by atoms with van der Waals surface area (Å²) in [4.78, 5) is 100. The lowest BCUT2D eigenvalue weighted by molar-refractivity contribution is -0.385. The number of nitrogens with zero attached hydrogens (tertiary/aromatic N) is 6. The number of urea groups is 2. The number of methoxy groups -OCH3 is 2. The molecule has 0 radical (unpaired) electrons. The molecule has 96 heavy (non-hydrogen) atoms. The molecule has 0 saturated carbocycles. The summed E-state index contributed by atoms with van der Waals surface area (Å²) in [6, 6.07) is 11.0. The van der Waals surface area contributed by atoms with Gasteiger partial charge in [0.25, 0.3) is 25.7 Å². The van der Waals surface area contributed by atoms with Crippen molar-refractivity contribution < 1.29 is 138 Å². The van der Waals surface area contributed by atoms with Gasteiger partial charge >= 0.3 is 49.4 Å². The summed E-state index contributed by atoms with van der Waals surface area (Å²) in [7, 11) is -14.3. The number of pyridine rings is 1. The first-order valence-electron chi connectivity index (χ1n) is 24.8. The maximum absolute atomic E-state index is 12.6. The van der Waals surface area contributed by atoms with E-state index in [1.54, 1.807) is 10.0 Å². The van der Waals surface area contributed by atoms with Crippen LogP contribution in [0.15, 0.2) is 106 Å². The standard InChI is InChI=1S/C14H7ClF3NO5.C14H10F4N4O7S.C14H17N5O7S2.C3H8NO5P.C3H9S/c15-10-5-7(14(16,17)18)1-4-12(10)24-8-2-3-11(19(22)23)9(6-8)13(20)21;15-11(16)28-8-5-9(29-12(17)18)20-13(19-8)21-14(25)22-30(26,27)7-4-2-1-3-6(7)10(23)24;1-4-27(21,22)9-6-5-7-15-12(9)28(23,24)19-14(20)18-13-16-10(25-2)8-11(17-13)26-3;5-3(6)1-4-2-10(7,8)9;1-4(2)3/h1-6H,(H,20,21);1-5,11-12H,(H,23,24)(H2,19,20,21,22,25);5-8H,4H2,1-3H3,(H2,16,17,18,19,20);4H,1-2H2,(H,5,6)(H2,7,8,9);1-3H3/q;;;;+1/p-1. The minimum atomic E-state index is -4.71. The molecule has 35 nitrogen and oxygen atoms in total. The number of nitrogens with one attached hydrogen (secondary N) is 5. The van der Waals surface area contributed by atoms with Crippen molar-refractivity contribution in [1.29, 1.82) is 0 Å². The predicted molar refractivity (Wildman–Crippen MR) is 317 cm³/mol. The van der Waals surface area contributed by atoms with Gasteiger partial charge in [-0.25, -0.2) is 50.4 Å². The molecule has 0 bridgehead atoms. The van der Waals surface area contributed by atoms with E-state index < -0.39 is 160 Å². The molecule has 0 aliphatic rings. The number of aromatic nitrogens is 5. The van der Waals surface area contributed by atoms with Crippen LogP contribution >= 0.6 is 19.2 Å². The van der Waals surface area contributed by atoms with Gasteiger partial charge in [0, 0.05) is 18.3 Å². The molecule has 0 aliphatic heterocycles. The van der Waals surface area contributed by atoms with Crippen LogP contribution in [0.25, 0.3) is 0 Å². The number of sulfone groups is 1. The maximum Gasteiger partial charge on any atom is 0.416 e. The van der Waals surface area contributed by atoms with Crippen LogP contribution in [0.3, 0.4) is 0 Å². The Balaban J connectivity index is 0.000000446. The highest BCUT2D eigenvalue weighted by Crippen LogP contribution is 2.37. The number of hydrogen-bond donors (Lipinski definition) is 9. The summed E-state index contributed by atoms with van der Waals surface area (Å²) in [5.74, 6) is -7.98. The third-order valence-corrected chi connectivity index (χ3v) is 15.2. The van der Waals surface area contributed by atoms with Crippen molar-refractivity contribution in [2.24, 2.45) is 0 Å². The molecule has 3 aromatic heterocycles. The number of benzene rings is 3. The first-order valence-corrected chi connectivity index (χ1v) is 34.0. The van der Waals surface area contributed by atoms with E-state index in [4.69, 9.17) is 46.0 Å². The minimum Gasteiger partial charge on any atom is -0.778 e. The first kappa shape index (κ1) is 82.5. The number of nitro groups is 1. The van der Waals surface area contributed by atoms with E-state index in [2.05, 4.69) is 58.5 Å². The fourth-order valence-electron chi connectivity index (χ4n) is 5.98. The number of aliphatic carboxylic acids is 1. The molecule has 3 heterocycles. The van der Waals surface area contributed by atoms with Crippen LogP contribution in [0.5, 0.6) is 35.0 Å². The van der Waals surface area contributed by atoms with Crippen molar-refractivity contribution in [3.63, 3.8) is 0 Å². The van der Waals surface area contributed by atoms with Gasteiger partial charge in [0.05, 0.1) is 84.8 Å². The first-order chi connectivity index (χ1) is 44.3. The number of sulfonamides is 2. The number of rotatable bonds is 23. The molecule has 3 aromatic carbocycles. The van der Waals surface area contributed by atoms with Gasteiger partial charge in [0.2, 0.25) is 35.4 Å². The highest BCUT2D eigenvalue weighted by Gasteiger charge is 2.32. The molecule has 1 atom stereocenters. The van der Waals surface area contributed by atoms with Crippen LogP contribution in [0.4, 0.5) is 57.9 Å². The van der Waals surface area contributed by atoms with Gasteiger partial charge in [0.1, 0.15) is 34.4 Å². The number of alkyl halides is 7. The largest absolute Gasteiger partial charge is 0.778 e. The Morgan fingerprint density at radius 2 is 1.19 bits per heavy atom. The Morgan fingerprint density at radius 1 is 0.708 bits per heavy atom. The van der Waals surface area contributed by atoms with Crippen molar-refractivity contribution in [3.05, 3.63) is 123 Å². The maximum atomic E-state index is 12.6. The van der Waals surface area contributed by atoms with Crippen molar-refractivity contribution >= 4 is 108 Å². The van der Waals surface area contributed by atoms with E-state index in [9.17, 15) is 99.5 Å². The molecule has 6 aromatic rings. The van der Waals surface area contributed by atoms with E-state index in [-0.39, 0.29) is 40.0 Å². The summed E-state index contributed by atoms with van der Waals surface area (Å²) in [5.41, 5.74) is -2.89. The number of anilines is 2. The average molecular weight is 1490 g/mol. The number of carboxylic acids is 3. The number of carbonyl (C=O) groups excluding carboxylic acids is 2. The Hall–Kier alpha value is -9.57. The van der Waals surface area contributed by atoms with Crippen molar-refractivity contribution in [2.75, 3.05) is 62.2 Å². The molecule has 0 saturated heterocycles. The quantitative estimate of drug-likeness (QED) is 0.0126. The fourth-order valence-corrected chi connectivity index (χ4v) is 10.3. The summed E-state index contributed by atoms with van der Waals surface area (Å²) in [6.45, 7) is -5.94. The molecule has 0 fully saturated rings. The van der Waals surface area contributed by atoms with Crippen LogP contribution in [0.2, 0.25) is 5.02 Å². The van der Waals surface area contributed by atoms with E-state index in [0.717, 1.165) is 54.7 Å². The second-order valence-corrected chi connectivity index (χ2v) is 27.3. The summed E-state index contributed by atoms with van der Waals surface area (Å²) < 4.78 is 197. The van der Waals surface area contributed by atoms with Crippen LogP contribution in [-0.2, 0) is 56.3 Å². The summed E-state index contributed by atoms with van der Waals surface area (Å²) >= 11 is 5.72. The van der Waals surface area contributed by atoms with Gasteiger partial charge in [-0.15, -0.1) is 0 Å². The third-order valence-electron chi connectivity index (χ3n) is 9.68. The van der Waals surface area contributed by atoms with Crippen LogP contribution in [0, 0.1) is 10.1 Å². The highest BCUT2D eigenvalue weighted by molar-refractivity contribution is 7.94. The fraction of sp³-hybridized carbons (Fsp3) is 0.250. The highest BCUT2D eigenvalue weighted by atomic mass is 35.5. The average Bonchev–Trinajstić information content (AvgIpc) is 0.801. The lowest BCUT2D eigenvalue weighted by Gasteiger charge is -2.14. The van der Waals surface area contributed by atoms with E-state index in [1.807, 2.05) is 5.32 Å². The van der Waals surface area contributed by atoms with Gasteiger partial charge in [-0.3, -0.25) is 30.9 Å². The molecule has 4 amide bonds. The van der Waals surface area contributed by atoms with Gasteiger partial charge in [-0.05, 0) is 59.4 Å². The topological polar surface area (TPSA) is 523 Å². The molecular formula is C48H50ClF7N11O24PS4. The Morgan fingerprint density at radius 3 is 1.62 bits per heavy atom. The number of nitro benzene ring substituents is 1. The lowest BCUT2D eigenvalue weighted by atomic mass is 10.1. The van der Waals surface area contributed by atoms with E-state index in [1.165, 1.54) is 50.1 Å². The Bertz CT molecular complexity index is 4100. The SMILES string of the molecule is CCS(=O)(=O)c1cccnc1S(=O)(=O)NC(=O)Nc1nc(OC)cc(OC)n1.C[S+](C)C.O=C(Nc1nc(OC(F)F)cc(OC(F)F)n1)NS(=O)(=O)c1ccccc1C(=O)O.O=C(O)CNCP(=O)([O-])O.O=C(O)c1cc(Oc2ccc(C(F)(F)F)cc2Cl)ccc1[N+](=O)[O-]. The molecule has 0 spiro atoms. The van der Waals surface area contributed by atoms with E-state index in [0.29, 0.717) is 23.0 Å². The van der Waals surface area contributed by atoms with Crippen LogP contribution in [0.1, 0.15) is 33.2 Å². The smallest absolute Gasteiger partial charge is 0.416 e. The molecule has 526 valence electrons. The number of carboxylic acid groups (broad SMARTS) is 3. The van der Waals surface area contributed by atoms with Gasteiger partial charge in [-0.1, -0.05) is 30.7 Å². The number of carbonyl (C=O) groups is 5. The van der Waals surface area contributed by atoms with Crippen LogP contribution in [-0.4, -0.2) is 170 Å². The third kappa shape index (κ3) is 29.0. The van der Waals surface area contributed by atoms with Crippen molar-refractivity contribution in [3.8, 4) is 35.0 Å². The number of ether oxygens (including phenoxy) is 5. The zero-order valence-electron chi connectivity index (χ0n) is 49.2. The molecule has 48 heteroatoms. The number of aromatic carboxylic acids is 2. The summed E-state index contributed by atoms with van der Waals surface area (Å²) in [6.07, 6.45) is 2.39. The minimum absolute atomic E-state index is 0.0612. The van der Waals surface area contributed by atoms with Gasteiger partial charge < -0.3 is 53.4 Å². The van der Waals surface area contributed by atoms with Crippen molar-refractivity contribution in [2.45, 2.75) is 41.1 Å². The van der Waals surface area contributed by atoms with Crippen molar-refractivity contribution in [1.82, 2.24) is 39.7 Å². The van der Waals surface area contributed by atoms with Gasteiger partial charge in [0.15, 0.2) is 14.9 Å². The second-order valence-electron chi connectivity index (χ2n) is 17.4. The molecule has 9 N–H and O–H groups in total. The summed E-state index contributed by atoms with van der Waals surface area (Å²) in [5, 5.41) is 41.4. The molecule has 0 aliphatic carbocycles. The normalized spacial score (nSPS) is 11.7. The Kier molecular flexibility index (Phi) is 31.7. The molecule has 1 unspecified atom stereocenters. The second kappa shape index (κ2) is 36.9. The van der Waals surface area contributed by atoms with Crippen LogP contribution < -0.4 is 54.0 Å². The number of hydrogen-bond acceptors (Lipinski definition) is 26. The zero-order valence-corrected chi connectivity index (χ0v) is 54.1. The Labute approximate surface area is 544 Å². The predicted octanol–water partition coefficient (Wildman–Crippen LogP) is 5.50. The molecular weight excluding hydrogens is 1440 g/mol.